The molecule has 130 valence electrons. The van der Waals surface area contributed by atoms with Crippen molar-refractivity contribution >= 4 is 23.3 Å². The van der Waals surface area contributed by atoms with E-state index in [-0.39, 0.29) is 18.0 Å². The van der Waals surface area contributed by atoms with Gasteiger partial charge in [0.15, 0.2) is 6.61 Å². The summed E-state index contributed by atoms with van der Waals surface area (Å²) in [6, 6.07) is 14.9. The average molecular weight is 342 g/mol. The number of nitro benzene ring substituents is 1. The lowest BCUT2D eigenvalue weighted by molar-refractivity contribution is -0.384. The number of anilines is 1. The van der Waals surface area contributed by atoms with Gasteiger partial charge >= 0.3 is 5.97 Å². The minimum atomic E-state index is -0.527. The number of rotatable bonds is 7. The van der Waals surface area contributed by atoms with E-state index in [9.17, 15) is 19.7 Å². The molecule has 0 fully saturated rings. The van der Waals surface area contributed by atoms with Crippen molar-refractivity contribution in [1.29, 1.82) is 0 Å². The number of nitrogens with zero attached hydrogens (tertiary/aromatic N) is 1. The Hall–Kier alpha value is -3.22. The molecule has 0 spiro atoms. The Labute approximate surface area is 144 Å². The van der Waals surface area contributed by atoms with E-state index >= 15 is 0 Å². The fourth-order valence-corrected chi connectivity index (χ4v) is 2.22. The van der Waals surface area contributed by atoms with Crippen LogP contribution >= 0.6 is 0 Å². The fraction of sp³-hybridized carbons (Fsp3) is 0.222. The third kappa shape index (κ3) is 5.72. The number of hydrogen-bond donors (Lipinski definition) is 1. The van der Waals surface area contributed by atoms with Crippen LogP contribution in [0.2, 0.25) is 0 Å². The molecule has 0 saturated heterocycles. The molecule has 2 aromatic rings. The van der Waals surface area contributed by atoms with Crippen molar-refractivity contribution in [3.05, 3.63) is 70.3 Å². The fourth-order valence-electron chi connectivity index (χ4n) is 2.22. The van der Waals surface area contributed by atoms with Crippen LogP contribution in [0, 0.1) is 10.1 Å². The van der Waals surface area contributed by atoms with E-state index in [4.69, 9.17) is 4.74 Å². The number of hydrogen-bond acceptors (Lipinski definition) is 5. The molecule has 7 heteroatoms. The second-order valence-corrected chi connectivity index (χ2v) is 5.53. The number of nitrogens with one attached hydrogen (secondary N) is 1. The van der Waals surface area contributed by atoms with Crippen LogP contribution in [0.5, 0.6) is 0 Å². The minimum Gasteiger partial charge on any atom is -0.456 e. The highest BCUT2D eigenvalue weighted by atomic mass is 16.6. The third-order valence-corrected chi connectivity index (χ3v) is 3.57. The number of carbonyl (C=O) groups is 2. The van der Waals surface area contributed by atoms with Gasteiger partial charge in [0.25, 0.3) is 11.6 Å². The SMILES string of the molecule is C[C@H](CC(=O)OCC(=O)Nc1ccc([N+](=O)[O-])cc1)c1ccccc1. The Morgan fingerprint density at radius 2 is 1.76 bits per heavy atom. The monoisotopic (exact) mass is 342 g/mol. The molecular formula is C18H18N2O5. The van der Waals surface area contributed by atoms with Gasteiger partial charge in [0.1, 0.15) is 0 Å². The van der Waals surface area contributed by atoms with Crippen molar-refractivity contribution in [3.8, 4) is 0 Å². The quantitative estimate of drug-likeness (QED) is 0.473. The molecule has 2 rings (SSSR count). The molecule has 0 aliphatic heterocycles. The Balaban J connectivity index is 1.77. The van der Waals surface area contributed by atoms with Crippen LogP contribution in [0.15, 0.2) is 54.6 Å². The van der Waals surface area contributed by atoms with Gasteiger partial charge in [-0.2, -0.15) is 0 Å². The maximum absolute atomic E-state index is 11.8. The first kappa shape index (κ1) is 18.1. The van der Waals surface area contributed by atoms with E-state index in [2.05, 4.69) is 5.32 Å². The normalized spacial score (nSPS) is 11.4. The van der Waals surface area contributed by atoms with Crippen molar-refractivity contribution in [2.75, 3.05) is 11.9 Å². The van der Waals surface area contributed by atoms with E-state index in [0.29, 0.717) is 5.69 Å². The predicted molar refractivity (Wildman–Crippen MR) is 92.2 cm³/mol. The molecule has 0 saturated carbocycles. The molecule has 0 aliphatic carbocycles. The molecule has 0 unspecified atom stereocenters. The Morgan fingerprint density at radius 1 is 1.12 bits per heavy atom. The molecule has 2 aromatic carbocycles. The van der Waals surface area contributed by atoms with E-state index in [1.165, 1.54) is 24.3 Å². The van der Waals surface area contributed by atoms with Gasteiger partial charge in [-0.3, -0.25) is 19.7 Å². The van der Waals surface area contributed by atoms with Gasteiger partial charge in [-0.1, -0.05) is 37.3 Å². The van der Waals surface area contributed by atoms with Gasteiger partial charge in [-0.25, -0.2) is 0 Å². The zero-order valence-electron chi connectivity index (χ0n) is 13.7. The molecule has 0 aliphatic rings. The number of amides is 1. The maximum atomic E-state index is 11.8. The highest BCUT2D eigenvalue weighted by Gasteiger charge is 2.14. The Kier molecular flexibility index (Phi) is 6.22. The predicted octanol–water partition coefficient (Wildman–Crippen LogP) is 3.27. The van der Waals surface area contributed by atoms with Crippen molar-refractivity contribution in [3.63, 3.8) is 0 Å². The highest BCUT2D eigenvalue weighted by molar-refractivity contribution is 5.92. The van der Waals surface area contributed by atoms with Crippen LogP contribution < -0.4 is 5.32 Å². The van der Waals surface area contributed by atoms with Crippen LogP contribution in [0.25, 0.3) is 0 Å². The summed E-state index contributed by atoms with van der Waals surface area (Å²) in [6.45, 7) is 1.50. The summed E-state index contributed by atoms with van der Waals surface area (Å²) in [5, 5.41) is 13.1. The minimum absolute atomic E-state index is 0.00793. The van der Waals surface area contributed by atoms with Gasteiger partial charge in [0.05, 0.1) is 11.3 Å². The van der Waals surface area contributed by atoms with Crippen LogP contribution in [-0.2, 0) is 14.3 Å². The van der Waals surface area contributed by atoms with E-state index in [1.807, 2.05) is 37.3 Å². The van der Waals surface area contributed by atoms with Crippen molar-refractivity contribution in [2.24, 2.45) is 0 Å². The van der Waals surface area contributed by atoms with Gasteiger partial charge in [-0.05, 0) is 23.6 Å². The van der Waals surface area contributed by atoms with Gasteiger partial charge < -0.3 is 10.1 Å². The van der Waals surface area contributed by atoms with Crippen molar-refractivity contribution in [1.82, 2.24) is 0 Å². The summed E-state index contributed by atoms with van der Waals surface area (Å²) in [5.41, 5.74) is 1.35. The number of carbonyl (C=O) groups excluding carboxylic acids is 2. The largest absolute Gasteiger partial charge is 0.456 e. The van der Waals surface area contributed by atoms with E-state index in [0.717, 1.165) is 5.56 Å². The molecule has 1 N–H and O–H groups in total. The molecule has 1 amide bonds. The van der Waals surface area contributed by atoms with Gasteiger partial charge in [0.2, 0.25) is 0 Å². The zero-order chi connectivity index (χ0) is 18.2. The summed E-state index contributed by atoms with van der Waals surface area (Å²) in [7, 11) is 0. The van der Waals surface area contributed by atoms with Crippen molar-refractivity contribution in [2.45, 2.75) is 19.3 Å². The summed E-state index contributed by atoms with van der Waals surface area (Å²) in [4.78, 5) is 33.6. The summed E-state index contributed by atoms with van der Waals surface area (Å²) < 4.78 is 4.97. The maximum Gasteiger partial charge on any atom is 0.306 e. The summed E-state index contributed by atoms with van der Waals surface area (Å²) in [6.07, 6.45) is 0.175. The summed E-state index contributed by atoms with van der Waals surface area (Å²) >= 11 is 0. The Morgan fingerprint density at radius 3 is 2.36 bits per heavy atom. The van der Waals surface area contributed by atoms with E-state index in [1.54, 1.807) is 0 Å². The number of esters is 1. The number of ether oxygens (including phenoxy) is 1. The van der Waals surface area contributed by atoms with Crippen LogP contribution in [0.3, 0.4) is 0 Å². The first-order chi connectivity index (χ1) is 12.0. The number of non-ortho nitro benzene ring substituents is 1. The molecular weight excluding hydrogens is 324 g/mol. The number of nitro groups is 1. The van der Waals surface area contributed by atoms with Crippen LogP contribution in [0.4, 0.5) is 11.4 Å². The lowest BCUT2D eigenvalue weighted by Gasteiger charge is -2.11. The van der Waals surface area contributed by atoms with Gasteiger partial charge in [0, 0.05) is 17.8 Å². The van der Waals surface area contributed by atoms with Gasteiger partial charge in [-0.15, -0.1) is 0 Å². The topological polar surface area (TPSA) is 98.5 Å². The highest BCUT2D eigenvalue weighted by Crippen LogP contribution is 2.19. The molecule has 1 atom stereocenters. The molecule has 0 heterocycles. The lowest BCUT2D eigenvalue weighted by atomic mass is 9.98. The molecule has 0 bridgehead atoms. The zero-order valence-corrected chi connectivity index (χ0v) is 13.7. The second kappa shape index (κ2) is 8.58. The first-order valence-corrected chi connectivity index (χ1v) is 7.70. The average Bonchev–Trinajstić information content (AvgIpc) is 2.61. The smallest absolute Gasteiger partial charge is 0.306 e. The van der Waals surface area contributed by atoms with Crippen LogP contribution in [-0.4, -0.2) is 23.4 Å². The van der Waals surface area contributed by atoms with Crippen LogP contribution in [0.1, 0.15) is 24.8 Å². The lowest BCUT2D eigenvalue weighted by Crippen LogP contribution is -2.21. The summed E-state index contributed by atoms with van der Waals surface area (Å²) in [5.74, 6) is -0.976. The third-order valence-electron chi connectivity index (χ3n) is 3.57. The van der Waals surface area contributed by atoms with E-state index < -0.39 is 23.4 Å². The molecule has 0 aromatic heterocycles. The molecule has 25 heavy (non-hydrogen) atoms. The number of benzene rings is 2. The second-order valence-electron chi connectivity index (χ2n) is 5.53. The van der Waals surface area contributed by atoms with Crippen molar-refractivity contribution < 1.29 is 19.2 Å². The first-order valence-electron chi connectivity index (χ1n) is 7.70. The Bertz CT molecular complexity index is 744. The molecule has 0 radical (unpaired) electrons. The standard InChI is InChI=1S/C18H18N2O5/c1-13(14-5-3-2-4-6-14)11-18(22)25-12-17(21)19-15-7-9-16(10-8-15)20(23)24/h2-10,13H,11-12H2,1H3,(H,19,21)/t13-/m1/s1. The molecule has 7 nitrogen and oxygen atoms in total.